The second kappa shape index (κ2) is 13.8. The Balaban J connectivity index is 1.45. The lowest BCUT2D eigenvalue weighted by molar-refractivity contribution is 0.0130. The Morgan fingerprint density at radius 2 is 1.70 bits per heavy atom. The normalized spacial score (nSPS) is 17.6. The van der Waals surface area contributed by atoms with Crippen LogP contribution in [0.25, 0.3) is 0 Å². The monoisotopic (exact) mass is 521 g/mol. The number of rotatable bonds is 11. The Bertz CT molecular complexity index is 877. The lowest BCUT2D eigenvalue weighted by Crippen LogP contribution is -2.51. The number of ether oxygens (including phenoxy) is 4. The van der Waals surface area contributed by atoms with E-state index >= 15 is 0 Å². The van der Waals surface area contributed by atoms with Gasteiger partial charge in [-0.1, -0.05) is 0 Å². The molecule has 0 unspecified atom stereocenters. The summed E-state index contributed by atoms with van der Waals surface area (Å²) in [5, 5.41) is 0. The molecule has 0 saturated carbocycles. The highest BCUT2D eigenvalue weighted by atomic mass is 16.6. The van der Waals surface area contributed by atoms with Crippen LogP contribution in [0.1, 0.15) is 44.0 Å². The Kier molecular flexibility index (Phi) is 10.8. The fourth-order valence-electron chi connectivity index (χ4n) is 4.51. The number of amides is 2. The van der Waals surface area contributed by atoms with Gasteiger partial charge in [0.1, 0.15) is 23.8 Å². The van der Waals surface area contributed by atoms with Gasteiger partial charge in [-0.15, -0.1) is 0 Å². The van der Waals surface area contributed by atoms with Crippen molar-refractivity contribution >= 4 is 17.8 Å². The summed E-state index contributed by atoms with van der Waals surface area (Å²) in [6, 6.07) is 1.80. The molecule has 1 aromatic heterocycles. The summed E-state index contributed by atoms with van der Waals surface area (Å²) in [4.78, 5) is 35.1. The fraction of sp³-hybridized carbons (Fsp3) is 0.731. The van der Waals surface area contributed by atoms with Crippen molar-refractivity contribution in [2.75, 3.05) is 84.3 Å². The predicted octanol–water partition coefficient (Wildman–Crippen LogP) is 1.99. The molecule has 37 heavy (non-hydrogen) atoms. The summed E-state index contributed by atoms with van der Waals surface area (Å²) in [6.07, 6.45) is 3.37. The van der Waals surface area contributed by atoms with Crippen LogP contribution in [-0.2, 0) is 14.2 Å². The van der Waals surface area contributed by atoms with E-state index in [4.69, 9.17) is 24.7 Å². The van der Waals surface area contributed by atoms with E-state index in [0.717, 1.165) is 51.4 Å². The highest BCUT2D eigenvalue weighted by Crippen LogP contribution is 2.27. The summed E-state index contributed by atoms with van der Waals surface area (Å²) in [5.41, 5.74) is 5.31. The minimum Gasteiger partial charge on any atom is -0.490 e. The van der Waals surface area contributed by atoms with E-state index < -0.39 is 11.5 Å². The van der Waals surface area contributed by atoms with Crippen molar-refractivity contribution in [2.24, 2.45) is 11.7 Å². The molecule has 11 heteroatoms. The number of anilines is 1. The first-order chi connectivity index (χ1) is 17.7. The lowest BCUT2D eigenvalue weighted by Gasteiger charge is -2.39. The number of piperazine rings is 1. The van der Waals surface area contributed by atoms with Crippen molar-refractivity contribution in [1.82, 2.24) is 14.8 Å². The van der Waals surface area contributed by atoms with Gasteiger partial charge in [0.25, 0.3) is 5.91 Å². The minimum atomic E-state index is -0.570. The van der Waals surface area contributed by atoms with E-state index in [1.54, 1.807) is 18.1 Å². The fourth-order valence-corrected chi connectivity index (χ4v) is 4.51. The average Bonchev–Trinajstić information content (AvgIpc) is 2.86. The van der Waals surface area contributed by atoms with Gasteiger partial charge >= 0.3 is 6.09 Å². The van der Waals surface area contributed by atoms with Crippen LogP contribution in [-0.4, -0.2) is 112 Å². The largest absolute Gasteiger partial charge is 0.490 e. The number of hydrogen-bond donors (Lipinski definition) is 1. The topological polar surface area (TPSA) is 120 Å². The van der Waals surface area contributed by atoms with E-state index in [1.165, 1.54) is 6.20 Å². The number of primary amides is 1. The Morgan fingerprint density at radius 3 is 2.32 bits per heavy atom. The third-order valence-corrected chi connectivity index (χ3v) is 6.51. The van der Waals surface area contributed by atoms with Crippen molar-refractivity contribution in [3.63, 3.8) is 0 Å². The van der Waals surface area contributed by atoms with E-state index in [0.29, 0.717) is 51.2 Å². The van der Waals surface area contributed by atoms with Crippen LogP contribution < -0.4 is 15.4 Å². The number of nitrogens with two attached hydrogens (primary N) is 1. The second-order valence-corrected chi connectivity index (χ2v) is 10.6. The molecule has 2 saturated heterocycles. The maximum atomic E-state index is 12.3. The first kappa shape index (κ1) is 28.9. The number of piperidine rings is 1. The number of hydrogen-bond acceptors (Lipinski definition) is 9. The zero-order chi connectivity index (χ0) is 26.8. The maximum absolute atomic E-state index is 12.3. The first-order valence-electron chi connectivity index (χ1n) is 13.1. The van der Waals surface area contributed by atoms with Crippen molar-refractivity contribution in [3.05, 3.63) is 17.8 Å². The highest BCUT2D eigenvalue weighted by molar-refractivity contribution is 5.95. The molecule has 1 aromatic rings. The summed E-state index contributed by atoms with van der Waals surface area (Å²) < 4.78 is 21.7. The Morgan fingerprint density at radius 1 is 1.03 bits per heavy atom. The molecule has 3 heterocycles. The van der Waals surface area contributed by atoms with Crippen LogP contribution in [0.4, 0.5) is 10.6 Å². The molecule has 2 N–H and O–H groups in total. The lowest BCUT2D eigenvalue weighted by atomic mass is 9.96. The van der Waals surface area contributed by atoms with Crippen LogP contribution in [0.15, 0.2) is 12.3 Å². The zero-order valence-corrected chi connectivity index (χ0v) is 22.7. The van der Waals surface area contributed by atoms with Crippen LogP contribution in [0, 0.1) is 5.92 Å². The van der Waals surface area contributed by atoms with Gasteiger partial charge in [0.2, 0.25) is 0 Å². The third kappa shape index (κ3) is 9.32. The van der Waals surface area contributed by atoms with E-state index in [-0.39, 0.29) is 11.7 Å². The molecule has 2 aliphatic heterocycles. The summed E-state index contributed by atoms with van der Waals surface area (Å²) in [5.74, 6) is 1.23. The number of methoxy groups -OCH3 is 1. The molecule has 3 rings (SSSR count). The molecule has 11 nitrogen and oxygen atoms in total. The molecule has 2 aliphatic rings. The Labute approximate surface area is 220 Å². The molecule has 0 radical (unpaired) electrons. The minimum absolute atomic E-state index is 0.225. The molecule has 208 valence electrons. The third-order valence-electron chi connectivity index (χ3n) is 6.51. The second-order valence-electron chi connectivity index (χ2n) is 10.6. The molecular formula is C26H43N5O6. The SMILES string of the molecule is COCCOCCOc1cc(N2CCC(CN3CCN(C(=O)OC(C)(C)C)CC3)CC2)ncc1C(N)=O. The number of carbonyl (C=O) groups excluding carboxylic acids is 2. The molecule has 0 bridgehead atoms. The summed E-state index contributed by atoms with van der Waals surface area (Å²) in [7, 11) is 1.62. The molecule has 2 fully saturated rings. The standard InChI is InChI=1S/C26H43N5O6/c1-26(2,3)37-25(33)31-11-9-29(10-12-31)19-20-5-7-30(8-6-20)23-17-22(21(18-28-23)24(27)32)36-16-15-35-14-13-34-4/h17-18,20H,5-16,19H2,1-4H3,(H2,27,32). The van der Waals surface area contributed by atoms with Gasteiger partial charge in [-0.25, -0.2) is 9.78 Å². The smallest absolute Gasteiger partial charge is 0.410 e. The van der Waals surface area contributed by atoms with Crippen LogP contribution >= 0.6 is 0 Å². The number of nitrogens with zero attached hydrogens (tertiary/aromatic N) is 4. The van der Waals surface area contributed by atoms with E-state index in [9.17, 15) is 9.59 Å². The van der Waals surface area contributed by atoms with Gasteiger partial charge in [-0.2, -0.15) is 0 Å². The summed E-state index contributed by atoms with van der Waals surface area (Å²) in [6.45, 7) is 13.3. The maximum Gasteiger partial charge on any atom is 0.410 e. The van der Waals surface area contributed by atoms with E-state index in [1.807, 2.05) is 20.8 Å². The van der Waals surface area contributed by atoms with Gasteiger partial charge in [0, 0.05) is 65.2 Å². The number of carbonyl (C=O) groups is 2. The quantitative estimate of drug-likeness (QED) is 0.436. The number of aromatic nitrogens is 1. The van der Waals surface area contributed by atoms with E-state index in [2.05, 4.69) is 14.8 Å². The highest BCUT2D eigenvalue weighted by Gasteiger charge is 2.28. The van der Waals surface area contributed by atoms with Crippen LogP contribution in [0.3, 0.4) is 0 Å². The number of pyridine rings is 1. The molecule has 0 atom stereocenters. The van der Waals surface area contributed by atoms with Crippen LogP contribution in [0.2, 0.25) is 0 Å². The molecule has 2 amide bonds. The van der Waals surface area contributed by atoms with Gasteiger partial charge in [-0.05, 0) is 39.5 Å². The van der Waals surface area contributed by atoms with Gasteiger partial charge in [0.15, 0.2) is 0 Å². The molecular weight excluding hydrogens is 478 g/mol. The molecule has 0 spiro atoms. The van der Waals surface area contributed by atoms with Gasteiger partial charge < -0.3 is 34.5 Å². The van der Waals surface area contributed by atoms with Crippen molar-refractivity contribution in [2.45, 2.75) is 39.2 Å². The molecule has 0 aliphatic carbocycles. The van der Waals surface area contributed by atoms with Crippen LogP contribution in [0.5, 0.6) is 5.75 Å². The predicted molar refractivity (Wildman–Crippen MR) is 140 cm³/mol. The van der Waals surface area contributed by atoms with Crippen molar-refractivity contribution in [3.8, 4) is 5.75 Å². The first-order valence-corrected chi connectivity index (χ1v) is 13.1. The molecule has 0 aromatic carbocycles. The van der Waals surface area contributed by atoms with Gasteiger partial charge in [-0.3, -0.25) is 9.69 Å². The van der Waals surface area contributed by atoms with Crippen molar-refractivity contribution < 1.29 is 28.5 Å². The van der Waals surface area contributed by atoms with Gasteiger partial charge in [0.05, 0.1) is 25.4 Å². The average molecular weight is 522 g/mol. The van der Waals surface area contributed by atoms with Crippen molar-refractivity contribution in [1.29, 1.82) is 0 Å². The summed E-state index contributed by atoms with van der Waals surface area (Å²) >= 11 is 0. The zero-order valence-electron chi connectivity index (χ0n) is 22.7. The Hall–Kier alpha value is -2.63.